The van der Waals surface area contributed by atoms with Gasteiger partial charge in [0.15, 0.2) is 9.84 Å². The van der Waals surface area contributed by atoms with E-state index in [9.17, 15) is 8.42 Å². The van der Waals surface area contributed by atoms with Crippen molar-refractivity contribution in [2.24, 2.45) is 0 Å². The van der Waals surface area contributed by atoms with E-state index in [1.54, 1.807) is 7.11 Å². The molecule has 19 heavy (non-hydrogen) atoms. The van der Waals surface area contributed by atoms with Gasteiger partial charge in [0.1, 0.15) is 5.75 Å². The van der Waals surface area contributed by atoms with Crippen molar-refractivity contribution in [1.82, 2.24) is 0 Å². The number of rotatable bonds is 4. The minimum atomic E-state index is -3.00. The van der Waals surface area contributed by atoms with E-state index in [0.29, 0.717) is 0 Å². The zero-order valence-electron chi connectivity index (χ0n) is 11.0. The summed E-state index contributed by atoms with van der Waals surface area (Å²) in [6.45, 7) is 0. The smallest absolute Gasteiger partial charge is 0.152 e. The molecule has 2 atom stereocenters. The van der Waals surface area contributed by atoms with Gasteiger partial charge in [0.05, 0.1) is 16.8 Å². The van der Waals surface area contributed by atoms with Crippen molar-refractivity contribution in [3.05, 3.63) is 22.7 Å². The fraction of sp³-hybridized carbons (Fsp3) is 0.538. The van der Waals surface area contributed by atoms with E-state index >= 15 is 0 Å². The van der Waals surface area contributed by atoms with Crippen LogP contribution in [-0.2, 0) is 9.84 Å². The molecular weight excluding hydrogens is 330 g/mol. The SMILES string of the molecule is COc1cc(NC2CCCC2S(C)(=O)=O)ccc1Br. The van der Waals surface area contributed by atoms with E-state index < -0.39 is 9.84 Å². The van der Waals surface area contributed by atoms with Gasteiger partial charge in [0.2, 0.25) is 0 Å². The number of hydrogen-bond donors (Lipinski definition) is 1. The lowest BCUT2D eigenvalue weighted by Crippen LogP contribution is -2.34. The fourth-order valence-corrected chi connectivity index (χ4v) is 4.37. The summed E-state index contributed by atoms with van der Waals surface area (Å²) in [6, 6.07) is 5.68. The average molecular weight is 348 g/mol. The van der Waals surface area contributed by atoms with Gasteiger partial charge in [-0.1, -0.05) is 0 Å². The Kier molecular flexibility index (Phi) is 4.40. The number of ether oxygens (including phenoxy) is 1. The minimum Gasteiger partial charge on any atom is -0.495 e. The van der Waals surface area contributed by atoms with Crippen molar-refractivity contribution in [1.29, 1.82) is 0 Å². The molecule has 4 nitrogen and oxygen atoms in total. The standard InChI is InChI=1S/C13H18BrNO3S/c1-18-12-8-9(6-7-10(12)14)15-11-4-3-5-13(11)19(2,16)17/h6-8,11,13,15H,3-5H2,1-2H3. The van der Waals surface area contributed by atoms with Crippen LogP contribution in [0.1, 0.15) is 19.3 Å². The van der Waals surface area contributed by atoms with E-state index in [1.807, 2.05) is 18.2 Å². The van der Waals surface area contributed by atoms with Gasteiger partial charge in [-0.3, -0.25) is 0 Å². The van der Waals surface area contributed by atoms with Crippen molar-refractivity contribution in [3.8, 4) is 5.75 Å². The molecule has 2 unspecified atom stereocenters. The molecule has 106 valence electrons. The molecule has 1 saturated carbocycles. The highest BCUT2D eigenvalue weighted by atomic mass is 79.9. The molecule has 0 bridgehead atoms. The van der Waals surface area contributed by atoms with Gasteiger partial charge in [0, 0.05) is 24.1 Å². The van der Waals surface area contributed by atoms with E-state index in [4.69, 9.17) is 4.74 Å². The number of anilines is 1. The Morgan fingerprint density at radius 3 is 2.74 bits per heavy atom. The lowest BCUT2D eigenvalue weighted by Gasteiger charge is -2.21. The number of methoxy groups -OCH3 is 1. The van der Waals surface area contributed by atoms with E-state index in [2.05, 4.69) is 21.2 Å². The quantitative estimate of drug-likeness (QED) is 0.909. The summed E-state index contributed by atoms with van der Waals surface area (Å²) in [5, 5.41) is 3.03. The number of sulfone groups is 1. The predicted octanol–water partition coefficient (Wildman–Crippen LogP) is 2.84. The van der Waals surface area contributed by atoms with Gasteiger partial charge in [-0.15, -0.1) is 0 Å². The van der Waals surface area contributed by atoms with Crippen LogP contribution in [0.5, 0.6) is 5.75 Å². The average Bonchev–Trinajstić information content (AvgIpc) is 2.79. The highest BCUT2D eigenvalue weighted by molar-refractivity contribution is 9.10. The third kappa shape index (κ3) is 3.42. The number of benzene rings is 1. The lowest BCUT2D eigenvalue weighted by molar-refractivity contribution is 0.412. The summed E-state index contributed by atoms with van der Waals surface area (Å²) in [6.07, 6.45) is 3.89. The Bertz CT molecular complexity index is 559. The Morgan fingerprint density at radius 2 is 2.11 bits per heavy atom. The molecule has 0 amide bonds. The highest BCUT2D eigenvalue weighted by Crippen LogP contribution is 2.31. The first kappa shape index (κ1) is 14.7. The fourth-order valence-electron chi connectivity index (χ4n) is 2.57. The predicted molar refractivity (Wildman–Crippen MR) is 80.6 cm³/mol. The lowest BCUT2D eigenvalue weighted by atomic mass is 10.2. The Balaban J connectivity index is 2.17. The van der Waals surface area contributed by atoms with Gasteiger partial charge in [-0.2, -0.15) is 0 Å². The number of nitrogens with one attached hydrogen (secondary N) is 1. The molecule has 0 heterocycles. The van der Waals surface area contributed by atoms with Crippen LogP contribution in [0.15, 0.2) is 22.7 Å². The summed E-state index contributed by atoms with van der Waals surface area (Å²) in [5.74, 6) is 0.735. The number of hydrogen-bond acceptors (Lipinski definition) is 4. The molecule has 1 aliphatic carbocycles. The van der Waals surface area contributed by atoms with Crippen molar-refractivity contribution < 1.29 is 13.2 Å². The summed E-state index contributed by atoms with van der Waals surface area (Å²) in [4.78, 5) is 0. The third-order valence-corrected chi connectivity index (χ3v) is 5.82. The molecular formula is C13H18BrNO3S. The number of halogens is 1. The summed E-state index contributed by atoms with van der Waals surface area (Å²) >= 11 is 3.40. The van der Waals surface area contributed by atoms with Crippen molar-refractivity contribution in [2.45, 2.75) is 30.6 Å². The maximum atomic E-state index is 11.7. The monoisotopic (exact) mass is 347 g/mol. The van der Waals surface area contributed by atoms with E-state index in [-0.39, 0.29) is 11.3 Å². The van der Waals surface area contributed by atoms with Crippen LogP contribution < -0.4 is 10.1 Å². The summed E-state index contributed by atoms with van der Waals surface area (Å²) < 4.78 is 29.6. The molecule has 1 fully saturated rings. The molecule has 1 aromatic rings. The van der Waals surface area contributed by atoms with Crippen molar-refractivity contribution >= 4 is 31.5 Å². The van der Waals surface area contributed by atoms with Crippen LogP contribution in [0.4, 0.5) is 5.69 Å². The van der Waals surface area contributed by atoms with E-state index in [0.717, 1.165) is 35.2 Å². The molecule has 0 aromatic heterocycles. The summed E-state index contributed by atoms with van der Waals surface area (Å²) in [5.41, 5.74) is 0.889. The molecule has 2 rings (SSSR count). The second-order valence-corrected chi connectivity index (χ2v) is 8.02. The first-order valence-corrected chi connectivity index (χ1v) is 8.95. The molecule has 6 heteroatoms. The van der Waals surface area contributed by atoms with Gasteiger partial charge < -0.3 is 10.1 Å². The molecule has 0 saturated heterocycles. The Morgan fingerprint density at radius 1 is 1.37 bits per heavy atom. The van der Waals surface area contributed by atoms with Gasteiger partial charge in [-0.05, 0) is 47.3 Å². The molecule has 1 N–H and O–H groups in total. The topological polar surface area (TPSA) is 55.4 Å². The second-order valence-electron chi connectivity index (χ2n) is 4.90. The highest BCUT2D eigenvalue weighted by Gasteiger charge is 2.34. The second kappa shape index (κ2) is 5.71. The molecule has 0 aliphatic heterocycles. The first-order chi connectivity index (χ1) is 8.91. The van der Waals surface area contributed by atoms with Crippen LogP contribution in [0.3, 0.4) is 0 Å². The van der Waals surface area contributed by atoms with Crippen molar-refractivity contribution in [2.75, 3.05) is 18.7 Å². The van der Waals surface area contributed by atoms with Crippen molar-refractivity contribution in [3.63, 3.8) is 0 Å². The van der Waals surface area contributed by atoms with Gasteiger partial charge >= 0.3 is 0 Å². The van der Waals surface area contributed by atoms with Crippen LogP contribution in [0.2, 0.25) is 0 Å². The van der Waals surface area contributed by atoms with Gasteiger partial charge in [-0.25, -0.2) is 8.42 Å². The maximum Gasteiger partial charge on any atom is 0.152 e. The van der Waals surface area contributed by atoms with Crippen LogP contribution >= 0.6 is 15.9 Å². The Labute approximate surface area is 122 Å². The normalized spacial score (nSPS) is 23.3. The Hall–Kier alpha value is -0.750. The largest absolute Gasteiger partial charge is 0.495 e. The molecule has 0 radical (unpaired) electrons. The molecule has 1 aliphatic rings. The molecule has 1 aromatic carbocycles. The third-order valence-electron chi connectivity index (χ3n) is 3.51. The maximum absolute atomic E-state index is 11.7. The van der Waals surface area contributed by atoms with E-state index in [1.165, 1.54) is 6.26 Å². The zero-order chi connectivity index (χ0) is 14.0. The van der Waals surface area contributed by atoms with Crippen LogP contribution in [0, 0.1) is 0 Å². The zero-order valence-corrected chi connectivity index (χ0v) is 13.4. The molecule has 0 spiro atoms. The summed E-state index contributed by atoms with van der Waals surface area (Å²) in [7, 11) is -1.39. The van der Waals surface area contributed by atoms with Crippen LogP contribution in [0.25, 0.3) is 0 Å². The van der Waals surface area contributed by atoms with Crippen LogP contribution in [-0.4, -0.2) is 33.1 Å². The minimum absolute atomic E-state index is 0.0131. The van der Waals surface area contributed by atoms with Gasteiger partial charge in [0.25, 0.3) is 0 Å². The first-order valence-electron chi connectivity index (χ1n) is 6.21.